The van der Waals surface area contributed by atoms with Crippen molar-refractivity contribution < 1.29 is 14.7 Å². The zero-order valence-electron chi connectivity index (χ0n) is 23.3. The third kappa shape index (κ3) is 6.16. The number of nitrogens with one attached hydrogen (secondary N) is 3. The number of hydrogen-bond donors (Lipinski definition) is 4. The van der Waals surface area contributed by atoms with Crippen LogP contribution in [0, 0.1) is 20.8 Å². The van der Waals surface area contributed by atoms with Crippen molar-refractivity contribution in [3.05, 3.63) is 68.9 Å². The van der Waals surface area contributed by atoms with Crippen LogP contribution >= 0.6 is 0 Å². The summed E-state index contributed by atoms with van der Waals surface area (Å²) in [6.07, 6.45) is 5.85. The number of amides is 2. The highest BCUT2D eigenvalue weighted by Crippen LogP contribution is 2.34. The zero-order chi connectivity index (χ0) is 28.3. The van der Waals surface area contributed by atoms with Gasteiger partial charge in [0, 0.05) is 72.7 Å². The summed E-state index contributed by atoms with van der Waals surface area (Å²) in [5, 5.41) is 14.7. The Hall–Kier alpha value is -4.08. The van der Waals surface area contributed by atoms with Gasteiger partial charge in [-0.2, -0.15) is 0 Å². The van der Waals surface area contributed by atoms with Crippen LogP contribution in [0.5, 0.6) is 0 Å². The summed E-state index contributed by atoms with van der Waals surface area (Å²) in [4.78, 5) is 46.8. The maximum absolute atomic E-state index is 13.6. The molecule has 0 saturated heterocycles. The standard InChI is InChI=1S/C29H38N6O4/c1-6-35(22-9-7-21(8-10-22)33-29(38)39)25-15-20(26-30-11-12-34(26)5)14-23(19(25)4)27(36)31-16-24-17(2)13-18(3)32-28(24)37/h11-15,21-22,33H,6-10,16H2,1-5H3,(H,31,36)(H,32,37)(H,38,39). The van der Waals surface area contributed by atoms with Gasteiger partial charge in [0.2, 0.25) is 0 Å². The Labute approximate surface area is 228 Å². The molecule has 0 spiro atoms. The predicted octanol–water partition coefficient (Wildman–Crippen LogP) is 4.04. The maximum atomic E-state index is 13.6. The number of imidazole rings is 1. The van der Waals surface area contributed by atoms with Crippen LogP contribution in [0.25, 0.3) is 11.4 Å². The molecule has 10 heteroatoms. The molecular weight excluding hydrogens is 496 g/mol. The molecule has 1 aliphatic rings. The van der Waals surface area contributed by atoms with Crippen LogP contribution < -0.4 is 21.1 Å². The maximum Gasteiger partial charge on any atom is 0.404 e. The van der Waals surface area contributed by atoms with Crippen molar-refractivity contribution in [1.29, 1.82) is 0 Å². The molecule has 2 heterocycles. The number of anilines is 1. The number of aryl methyl sites for hydroxylation is 3. The van der Waals surface area contributed by atoms with E-state index in [1.165, 1.54) is 0 Å². The summed E-state index contributed by atoms with van der Waals surface area (Å²) in [6.45, 7) is 8.62. The van der Waals surface area contributed by atoms with Crippen molar-refractivity contribution in [2.24, 2.45) is 7.05 Å². The van der Waals surface area contributed by atoms with Gasteiger partial charge in [-0.25, -0.2) is 9.78 Å². The van der Waals surface area contributed by atoms with Crippen LogP contribution in [-0.2, 0) is 13.6 Å². The summed E-state index contributed by atoms with van der Waals surface area (Å²) in [6, 6.07) is 6.04. The van der Waals surface area contributed by atoms with Gasteiger partial charge < -0.3 is 30.2 Å². The van der Waals surface area contributed by atoms with E-state index in [4.69, 9.17) is 5.11 Å². The van der Waals surface area contributed by atoms with Crippen molar-refractivity contribution >= 4 is 17.7 Å². The number of carbonyl (C=O) groups is 2. The molecule has 10 nitrogen and oxygen atoms in total. The number of H-pyrrole nitrogens is 1. The molecule has 2 amide bonds. The van der Waals surface area contributed by atoms with Gasteiger partial charge in [-0.3, -0.25) is 9.59 Å². The minimum atomic E-state index is -0.983. The van der Waals surface area contributed by atoms with E-state index < -0.39 is 6.09 Å². The topological polar surface area (TPSA) is 132 Å². The minimum absolute atomic E-state index is 0.0350. The van der Waals surface area contributed by atoms with Crippen LogP contribution in [-0.4, -0.2) is 50.3 Å². The van der Waals surface area contributed by atoms with E-state index in [1.54, 1.807) is 6.20 Å². The number of nitrogens with zero attached hydrogens (tertiary/aromatic N) is 3. The lowest BCUT2D eigenvalue weighted by molar-refractivity contribution is 0.0950. The molecule has 1 saturated carbocycles. The Morgan fingerprint density at radius 1 is 1.15 bits per heavy atom. The molecule has 1 aliphatic carbocycles. The molecule has 1 fully saturated rings. The molecule has 208 valence electrons. The first-order chi connectivity index (χ1) is 18.6. The summed E-state index contributed by atoms with van der Waals surface area (Å²) in [5.41, 5.74) is 5.13. The van der Waals surface area contributed by atoms with Gasteiger partial charge >= 0.3 is 6.09 Å². The molecule has 39 heavy (non-hydrogen) atoms. The second kappa shape index (κ2) is 11.8. The fourth-order valence-corrected chi connectivity index (χ4v) is 5.70. The Kier molecular flexibility index (Phi) is 8.42. The number of carboxylic acid groups (broad SMARTS) is 1. The second-order valence-electron chi connectivity index (χ2n) is 10.4. The Balaban J connectivity index is 1.67. The number of carbonyl (C=O) groups excluding carboxylic acids is 1. The van der Waals surface area contributed by atoms with E-state index in [9.17, 15) is 14.4 Å². The van der Waals surface area contributed by atoms with Gasteiger partial charge in [-0.15, -0.1) is 0 Å². The SMILES string of the molecule is CCN(c1cc(-c2nccn2C)cc(C(=O)NCc2c(C)cc(C)[nH]c2=O)c1C)C1CCC(NC(=O)O)CC1. The first-order valence-electron chi connectivity index (χ1n) is 13.4. The summed E-state index contributed by atoms with van der Waals surface area (Å²) < 4.78 is 1.92. The van der Waals surface area contributed by atoms with Gasteiger partial charge in [0.15, 0.2) is 0 Å². The monoisotopic (exact) mass is 534 g/mol. The van der Waals surface area contributed by atoms with E-state index >= 15 is 0 Å². The molecule has 0 radical (unpaired) electrons. The highest BCUT2D eigenvalue weighted by Gasteiger charge is 2.28. The highest BCUT2D eigenvalue weighted by atomic mass is 16.4. The second-order valence-corrected chi connectivity index (χ2v) is 10.4. The molecule has 0 aliphatic heterocycles. The lowest BCUT2D eigenvalue weighted by Crippen LogP contribution is -2.44. The van der Waals surface area contributed by atoms with E-state index in [0.717, 1.165) is 66.1 Å². The predicted molar refractivity (Wildman–Crippen MR) is 151 cm³/mol. The Bertz CT molecular complexity index is 1420. The van der Waals surface area contributed by atoms with Gasteiger partial charge in [0.25, 0.3) is 11.5 Å². The number of rotatable bonds is 8. The fourth-order valence-electron chi connectivity index (χ4n) is 5.70. The van der Waals surface area contributed by atoms with E-state index in [1.807, 2.05) is 50.7 Å². The van der Waals surface area contributed by atoms with Crippen LogP contribution in [0.4, 0.5) is 10.5 Å². The number of aromatic nitrogens is 3. The van der Waals surface area contributed by atoms with E-state index in [2.05, 4.69) is 38.5 Å². The summed E-state index contributed by atoms with van der Waals surface area (Å²) in [5.74, 6) is 0.496. The molecule has 3 aromatic rings. The zero-order valence-corrected chi connectivity index (χ0v) is 23.3. The molecule has 4 rings (SSSR count). The molecule has 0 atom stereocenters. The van der Waals surface area contributed by atoms with Crippen LogP contribution in [0.2, 0.25) is 0 Å². The smallest absolute Gasteiger partial charge is 0.404 e. The van der Waals surface area contributed by atoms with Crippen molar-refractivity contribution in [2.75, 3.05) is 11.4 Å². The highest BCUT2D eigenvalue weighted by molar-refractivity contribution is 5.98. The minimum Gasteiger partial charge on any atom is -0.465 e. The molecule has 4 N–H and O–H groups in total. The number of benzene rings is 1. The van der Waals surface area contributed by atoms with Crippen LogP contribution in [0.3, 0.4) is 0 Å². The fraction of sp³-hybridized carbons (Fsp3) is 0.448. The third-order valence-corrected chi connectivity index (χ3v) is 7.74. The van der Waals surface area contributed by atoms with E-state index in [-0.39, 0.29) is 30.1 Å². The number of pyridine rings is 1. The lowest BCUT2D eigenvalue weighted by atomic mass is 9.89. The molecule has 0 bridgehead atoms. The van der Waals surface area contributed by atoms with Crippen molar-refractivity contribution in [1.82, 2.24) is 25.2 Å². The van der Waals surface area contributed by atoms with Gasteiger partial charge in [-0.1, -0.05) is 0 Å². The largest absolute Gasteiger partial charge is 0.465 e. The molecule has 2 aromatic heterocycles. The van der Waals surface area contributed by atoms with Crippen LogP contribution in [0.15, 0.2) is 35.4 Å². The van der Waals surface area contributed by atoms with Gasteiger partial charge in [0.1, 0.15) is 5.82 Å². The Morgan fingerprint density at radius 2 is 1.87 bits per heavy atom. The first-order valence-corrected chi connectivity index (χ1v) is 13.4. The van der Waals surface area contributed by atoms with Gasteiger partial charge in [0.05, 0.1) is 0 Å². The van der Waals surface area contributed by atoms with Crippen molar-refractivity contribution in [2.45, 2.75) is 72.0 Å². The summed E-state index contributed by atoms with van der Waals surface area (Å²) in [7, 11) is 1.92. The molecule has 0 unspecified atom stereocenters. The van der Waals surface area contributed by atoms with Crippen LogP contribution in [0.1, 0.15) is 65.3 Å². The first kappa shape index (κ1) is 27.9. The Morgan fingerprint density at radius 3 is 2.46 bits per heavy atom. The van der Waals surface area contributed by atoms with Crippen molar-refractivity contribution in [3.8, 4) is 11.4 Å². The third-order valence-electron chi connectivity index (χ3n) is 7.74. The molecular formula is C29H38N6O4. The normalized spacial score (nSPS) is 17.1. The number of aromatic amines is 1. The van der Waals surface area contributed by atoms with Gasteiger partial charge in [-0.05, 0) is 82.7 Å². The number of hydrogen-bond acceptors (Lipinski definition) is 5. The average molecular weight is 535 g/mol. The van der Waals surface area contributed by atoms with Crippen molar-refractivity contribution in [3.63, 3.8) is 0 Å². The summed E-state index contributed by atoms with van der Waals surface area (Å²) >= 11 is 0. The quantitative estimate of drug-likeness (QED) is 0.345. The lowest BCUT2D eigenvalue weighted by Gasteiger charge is -2.39. The van der Waals surface area contributed by atoms with E-state index in [0.29, 0.717) is 11.1 Å². The average Bonchev–Trinajstić information content (AvgIpc) is 3.31. The molecule has 1 aromatic carbocycles.